The minimum Gasteiger partial charge on any atom is -0.296 e. The van der Waals surface area contributed by atoms with Crippen molar-refractivity contribution in [2.45, 2.75) is 39.0 Å². The number of hydrogen-bond donors (Lipinski definition) is 1. The third-order valence-electron chi connectivity index (χ3n) is 3.36. The van der Waals surface area contributed by atoms with Gasteiger partial charge in [-0.1, -0.05) is 13.3 Å². The standard InChI is InChI=1S/C11H17NO2/c1-2-3-8-9(7-4-5-7)6-10(13)12-11(8)14/h7-9H,2-6H2,1H3,(H,12,13,14). The Labute approximate surface area is 84.2 Å². The second kappa shape index (κ2) is 3.71. The molecule has 1 heterocycles. The van der Waals surface area contributed by atoms with Gasteiger partial charge >= 0.3 is 0 Å². The average Bonchev–Trinajstić information content (AvgIpc) is 2.92. The van der Waals surface area contributed by atoms with Gasteiger partial charge in [0.1, 0.15) is 0 Å². The fourth-order valence-corrected chi connectivity index (χ4v) is 2.51. The van der Waals surface area contributed by atoms with Gasteiger partial charge in [0.05, 0.1) is 0 Å². The Morgan fingerprint density at radius 3 is 2.64 bits per heavy atom. The van der Waals surface area contributed by atoms with Crippen molar-refractivity contribution >= 4 is 11.8 Å². The van der Waals surface area contributed by atoms with E-state index in [0.717, 1.165) is 12.8 Å². The molecule has 1 N–H and O–H groups in total. The molecule has 0 aromatic heterocycles. The number of carbonyl (C=O) groups excluding carboxylic acids is 2. The van der Waals surface area contributed by atoms with Crippen molar-refractivity contribution in [3.05, 3.63) is 0 Å². The third-order valence-corrected chi connectivity index (χ3v) is 3.36. The SMILES string of the molecule is CCCC1C(=O)NC(=O)CC1C1CC1. The molecule has 3 nitrogen and oxygen atoms in total. The molecule has 0 bridgehead atoms. The lowest BCUT2D eigenvalue weighted by atomic mass is 9.79. The fraction of sp³-hybridized carbons (Fsp3) is 0.818. The van der Waals surface area contributed by atoms with Gasteiger partial charge in [0.2, 0.25) is 11.8 Å². The summed E-state index contributed by atoms with van der Waals surface area (Å²) >= 11 is 0. The van der Waals surface area contributed by atoms with Crippen LogP contribution in [0.5, 0.6) is 0 Å². The Morgan fingerprint density at radius 2 is 2.07 bits per heavy atom. The first-order valence-electron chi connectivity index (χ1n) is 5.56. The quantitative estimate of drug-likeness (QED) is 0.693. The van der Waals surface area contributed by atoms with E-state index in [4.69, 9.17) is 0 Å². The Kier molecular flexibility index (Phi) is 2.57. The van der Waals surface area contributed by atoms with E-state index in [1.165, 1.54) is 12.8 Å². The summed E-state index contributed by atoms with van der Waals surface area (Å²) in [6.07, 6.45) is 4.95. The number of nitrogens with one attached hydrogen (secondary N) is 1. The van der Waals surface area contributed by atoms with Gasteiger partial charge in [0.25, 0.3) is 0 Å². The zero-order chi connectivity index (χ0) is 10.1. The van der Waals surface area contributed by atoms with Crippen LogP contribution in [0.25, 0.3) is 0 Å². The van der Waals surface area contributed by atoms with Gasteiger partial charge < -0.3 is 0 Å². The van der Waals surface area contributed by atoms with Crippen LogP contribution in [0.1, 0.15) is 39.0 Å². The van der Waals surface area contributed by atoms with Crippen LogP contribution in [0.4, 0.5) is 0 Å². The van der Waals surface area contributed by atoms with E-state index in [1.54, 1.807) is 0 Å². The largest absolute Gasteiger partial charge is 0.296 e. The normalized spacial score (nSPS) is 32.9. The van der Waals surface area contributed by atoms with Crippen LogP contribution in [0.3, 0.4) is 0 Å². The van der Waals surface area contributed by atoms with E-state index in [-0.39, 0.29) is 17.7 Å². The zero-order valence-electron chi connectivity index (χ0n) is 8.58. The highest BCUT2D eigenvalue weighted by atomic mass is 16.2. The molecule has 2 rings (SSSR count). The molecule has 0 aromatic carbocycles. The van der Waals surface area contributed by atoms with Crippen molar-refractivity contribution < 1.29 is 9.59 Å². The predicted molar refractivity (Wildman–Crippen MR) is 52.4 cm³/mol. The molecule has 14 heavy (non-hydrogen) atoms. The molecule has 2 unspecified atom stereocenters. The third kappa shape index (κ3) is 1.81. The van der Waals surface area contributed by atoms with Gasteiger partial charge in [0.15, 0.2) is 0 Å². The maximum atomic E-state index is 11.6. The van der Waals surface area contributed by atoms with Gasteiger partial charge in [-0.05, 0) is 31.1 Å². The van der Waals surface area contributed by atoms with E-state index >= 15 is 0 Å². The molecule has 1 saturated heterocycles. The Bertz CT molecular complexity index is 258. The fourth-order valence-electron chi connectivity index (χ4n) is 2.51. The Balaban J connectivity index is 2.07. The number of piperidine rings is 1. The summed E-state index contributed by atoms with van der Waals surface area (Å²) < 4.78 is 0. The van der Waals surface area contributed by atoms with Crippen molar-refractivity contribution in [3.8, 4) is 0 Å². The van der Waals surface area contributed by atoms with E-state index in [2.05, 4.69) is 12.2 Å². The van der Waals surface area contributed by atoms with Crippen LogP contribution in [0, 0.1) is 17.8 Å². The highest BCUT2D eigenvalue weighted by molar-refractivity contribution is 5.99. The highest BCUT2D eigenvalue weighted by Gasteiger charge is 2.43. The smallest absolute Gasteiger partial charge is 0.229 e. The van der Waals surface area contributed by atoms with Crippen molar-refractivity contribution in [1.82, 2.24) is 5.32 Å². The lowest BCUT2D eigenvalue weighted by Gasteiger charge is -2.29. The van der Waals surface area contributed by atoms with Crippen molar-refractivity contribution in [2.75, 3.05) is 0 Å². The molecule has 1 aliphatic heterocycles. The summed E-state index contributed by atoms with van der Waals surface area (Å²) in [7, 11) is 0. The first-order chi connectivity index (χ1) is 6.72. The van der Waals surface area contributed by atoms with Crippen LogP contribution in [-0.4, -0.2) is 11.8 Å². The first-order valence-corrected chi connectivity index (χ1v) is 5.56. The summed E-state index contributed by atoms with van der Waals surface area (Å²) in [4.78, 5) is 22.8. The molecular formula is C11H17NO2. The molecule has 2 fully saturated rings. The Morgan fingerprint density at radius 1 is 1.36 bits per heavy atom. The molecular weight excluding hydrogens is 178 g/mol. The molecule has 0 spiro atoms. The molecule has 78 valence electrons. The van der Waals surface area contributed by atoms with Gasteiger partial charge in [-0.15, -0.1) is 0 Å². The number of rotatable bonds is 3. The number of carbonyl (C=O) groups is 2. The lowest BCUT2D eigenvalue weighted by Crippen LogP contribution is -2.46. The maximum absolute atomic E-state index is 11.6. The van der Waals surface area contributed by atoms with Crippen molar-refractivity contribution in [3.63, 3.8) is 0 Å². The van der Waals surface area contributed by atoms with Crippen molar-refractivity contribution in [1.29, 1.82) is 0 Å². The molecule has 0 radical (unpaired) electrons. The van der Waals surface area contributed by atoms with Gasteiger partial charge in [-0.25, -0.2) is 0 Å². The van der Waals surface area contributed by atoms with Crippen molar-refractivity contribution in [2.24, 2.45) is 17.8 Å². The van der Waals surface area contributed by atoms with E-state index in [9.17, 15) is 9.59 Å². The van der Waals surface area contributed by atoms with Gasteiger partial charge in [0, 0.05) is 12.3 Å². The number of hydrogen-bond acceptors (Lipinski definition) is 2. The summed E-state index contributed by atoms with van der Waals surface area (Å²) in [5, 5.41) is 2.45. The zero-order valence-corrected chi connectivity index (χ0v) is 8.58. The summed E-state index contributed by atoms with van der Waals surface area (Å²) in [5.41, 5.74) is 0. The number of amides is 2. The van der Waals surface area contributed by atoms with Crippen LogP contribution < -0.4 is 5.32 Å². The minimum atomic E-state index is -0.0701. The highest BCUT2D eigenvalue weighted by Crippen LogP contribution is 2.44. The lowest BCUT2D eigenvalue weighted by molar-refractivity contribution is -0.139. The maximum Gasteiger partial charge on any atom is 0.229 e. The molecule has 2 atom stereocenters. The molecule has 2 amide bonds. The van der Waals surface area contributed by atoms with Gasteiger partial charge in [-0.3, -0.25) is 14.9 Å². The molecule has 0 aromatic rings. The number of imide groups is 1. The van der Waals surface area contributed by atoms with E-state index in [0.29, 0.717) is 18.3 Å². The molecule has 2 aliphatic rings. The van der Waals surface area contributed by atoms with Crippen LogP contribution >= 0.6 is 0 Å². The second-order valence-corrected chi connectivity index (χ2v) is 4.51. The minimum absolute atomic E-state index is 0.0278. The molecule has 1 saturated carbocycles. The van der Waals surface area contributed by atoms with Crippen LogP contribution in [-0.2, 0) is 9.59 Å². The van der Waals surface area contributed by atoms with E-state index < -0.39 is 0 Å². The van der Waals surface area contributed by atoms with Crippen LogP contribution in [0.15, 0.2) is 0 Å². The molecule has 1 aliphatic carbocycles. The summed E-state index contributed by atoms with van der Waals surface area (Å²) in [5.74, 6) is 1.00. The molecule has 3 heteroatoms. The topological polar surface area (TPSA) is 46.2 Å². The average molecular weight is 195 g/mol. The first kappa shape index (κ1) is 9.69. The van der Waals surface area contributed by atoms with Gasteiger partial charge in [-0.2, -0.15) is 0 Å². The Hall–Kier alpha value is -0.860. The monoisotopic (exact) mass is 195 g/mol. The predicted octanol–water partition coefficient (Wildman–Crippen LogP) is 1.48. The summed E-state index contributed by atoms with van der Waals surface area (Å²) in [6, 6.07) is 0. The second-order valence-electron chi connectivity index (χ2n) is 4.51. The summed E-state index contributed by atoms with van der Waals surface area (Å²) in [6.45, 7) is 2.09. The van der Waals surface area contributed by atoms with Crippen LogP contribution in [0.2, 0.25) is 0 Å². The van der Waals surface area contributed by atoms with E-state index in [1.807, 2.05) is 0 Å².